The van der Waals surface area contributed by atoms with Crippen molar-refractivity contribution in [3.63, 3.8) is 0 Å². The Bertz CT molecular complexity index is 612. The lowest BCUT2D eigenvalue weighted by Gasteiger charge is -2.39. The predicted octanol–water partition coefficient (Wildman–Crippen LogP) is -0.846. The van der Waals surface area contributed by atoms with Crippen LogP contribution in [0, 0.1) is 6.92 Å². The van der Waals surface area contributed by atoms with Crippen LogP contribution >= 0.6 is 0 Å². The van der Waals surface area contributed by atoms with E-state index >= 15 is 0 Å². The van der Waals surface area contributed by atoms with Gasteiger partial charge in [-0.2, -0.15) is 8.42 Å². The maximum atomic E-state index is 12.1. The molecule has 1 aromatic rings. The van der Waals surface area contributed by atoms with Crippen molar-refractivity contribution < 1.29 is 37.4 Å². The maximum Gasteiger partial charge on any atom is 0.297 e. The van der Waals surface area contributed by atoms with Gasteiger partial charge in [-0.15, -0.1) is 0 Å². The minimum Gasteiger partial charge on any atom is -0.387 e. The van der Waals surface area contributed by atoms with Crippen LogP contribution in [0.2, 0.25) is 0 Å². The lowest BCUT2D eigenvalue weighted by atomic mass is 9.99. The average molecular weight is 348 g/mol. The highest BCUT2D eigenvalue weighted by atomic mass is 32.2. The van der Waals surface area contributed by atoms with E-state index in [2.05, 4.69) is 0 Å². The second-order valence-corrected chi connectivity index (χ2v) is 6.92. The molecule has 5 atom stereocenters. The first-order valence-corrected chi connectivity index (χ1v) is 8.35. The number of aliphatic hydroxyl groups is 3. The first kappa shape index (κ1) is 18.3. The Morgan fingerprint density at radius 3 is 2.26 bits per heavy atom. The van der Waals surface area contributed by atoms with E-state index in [0.717, 1.165) is 5.56 Å². The van der Waals surface area contributed by atoms with Crippen molar-refractivity contribution in [1.82, 2.24) is 0 Å². The van der Waals surface area contributed by atoms with Crippen LogP contribution in [0.15, 0.2) is 29.2 Å². The highest BCUT2D eigenvalue weighted by Crippen LogP contribution is 2.23. The molecule has 1 aliphatic heterocycles. The molecule has 1 heterocycles. The van der Waals surface area contributed by atoms with Gasteiger partial charge < -0.3 is 24.8 Å². The summed E-state index contributed by atoms with van der Waals surface area (Å²) >= 11 is 0. The molecule has 0 aromatic heterocycles. The number of hydrogen-bond donors (Lipinski definition) is 3. The molecule has 0 bridgehead atoms. The van der Waals surface area contributed by atoms with Gasteiger partial charge in [0.15, 0.2) is 6.29 Å². The quantitative estimate of drug-likeness (QED) is 0.589. The Kier molecular flexibility index (Phi) is 5.74. The summed E-state index contributed by atoms with van der Waals surface area (Å²) in [6.45, 7) is 1.29. The van der Waals surface area contributed by atoms with Crippen LogP contribution in [0.25, 0.3) is 0 Å². The minimum absolute atomic E-state index is 0.0303. The second kappa shape index (κ2) is 7.22. The molecule has 130 valence electrons. The lowest BCUT2D eigenvalue weighted by Crippen LogP contribution is -2.59. The van der Waals surface area contributed by atoms with Crippen molar-refractivity contribution in [2.45, 2.75) is 42.5 Å². The minimum atomic E-state index is -4.03. The highest BCUT2D eigenvalue weighted by molar-refractivity contribution is 7.86. The molecule has 2 rings (SSSR count). The smallest absolute Gasteiger partial charge is 0.297 e. The summed E-state index contributed by atoms with van der Waals surface area (Å²) in [5.74, 6) is 0. The molecule has 23 heavy (non-hydrogen) atoms. The Morgan fingerprint density at radius 2 is 1.70 bits per heavy atom. The summed E-state index contributed by atoms with van der Waals surface area (Å²) < 4.78 is 39.1. The van der Waals surface area contributed by atoms with E-state index in [1.54, 1.807) is 12.1 Å². The van der Waals surface area contributed by atoms with Crippen molar-refractivity contribution in [3.8, 4) is 0 Å². The third-order valence-electron chi connectivity index (χ3n) is 3.60. The van der Waals surface area contributed by atoms with Crippen LogP contribution in [0.3, 0.4) is 0 Å². The van der Waals surface area contributed by atoms with Crippen LogP contribution < -0.4 is 0 Å². The summed E-state index contributed by atoms with van der Waals surface area (Å²) in [6, 6.07) is 6.06. The normalized spacial score (nSPS) is 32.0. The molecule has 3 N–H and O–H groups in total. The van der Waals surface area contributed by atoms with E-state index in [9.17, 15) is 23.7 Å². The number of aliphatic hydroxyl groups excluding tert-OH is 3. The van der Waals surface area contributed by atoms with E-state index in [1.807, 2.05) is 6.92 Å². The van der Waals surface area contributed by atoms with Crippen molar-refractivity contribution in [2.75, 3.05) is 13.7 Å². The molecule has 0 radical (unpaired) electrons. The van der Waals surface area contributed by atoms with Gasteiger partial charge in [0.1, 0.15) is 24.4 Å². The fraction of sp³-hybridized carbons (Fsp3) is 0.571. The van der Waals surface area contributed by atoms with Gasteiger partial charge in [0.2, 0.25) is 0 Å². The van der Waals surface area contributed by atoms with Crippen LogP contribution in [0.5, 0.6) is 0 Å². The molecule has 0 saturated carbocycles. The highest BCUT2D eigenvalue weighted by Gasteiger charge is 2.44. The zero-order valence-electron chi connectivity index (χ0n) is 12.7. The van der Waals surface area contributed by atoms with Gasteiger partial charge in [0.05, 0.1) is 11.5 Å². The average Bonchev–Trinajstić information content (AvgIpc) is 2.52. The van der Waals surface area contributed by atoms with Crippen molar-refractivity contribution in [1.29, 1.82) is 0 Å². The first-order chi connectivity index (χ1) is 10.8. The number of benzene rings is 1. The van der Waals surface area contributed by atoms with Crippen molar-refractivity contribution in [2.24, 2.45) is 0 Å². The van der Waals surface area contributed by atoms with E-state index in [1.165, 1.54) is 19.2 Å². The Morgan fingerprint density at radius 1 is 1.09 bits per heavy atom. The molecule has 1 aromatic carbocycles. The van der Waals surface area contributed by atoms with E-state index in [-0.39, 0.29) is 4.90 Å². The molecule has 0 unspecified atom stereocenters. The van der Waals surface area contributed by atoms with E-state index < -0.39 is 47.4 Å². The number of rotatable bonds is 5. The molecule has 9 heteroatoms. The number of hydrogen-bond acceptors (Lipinski definition) is 8. The monoisotopic (exact) mass is 348 g/mol. The fourth-order valence-electron chi connectivity index (χ4n) is 2.18. The van der Waals surface area contributed by atoms with Crippen molar-refractivity contribution in [3.05, 3.63) is 29.8 Å². The molecule has 1 aliphatic rings. The van der Waals surface area contributed by atoms with Gasteiger partial charge in [-0.05, 0) is 19.1 Å². The molecule has 0 spiro atoms. The van der Waals surface area contributed by atoms with Gasteiger partial charge in [0, 0.05) is 7.11 Å². The summed E-state index contributed by atoms with van der Waals surface area (Å²) in [6.07, 6.45) is -6.85. The number of ether oxygens (including phenoxy) is 2. The Hall–Kier alpha value is -1.07. The SMILES string of the molecule is CO[C@@H]1O[C@H](COS(=O)(=O)c2ccc(C)cc2)[C@@H](O)[C@H](O)[C@H]1O. The maximum absolute atomic E-state index is 12.1. The van der Waals surface area contributed by atoms with Crippen LogP contribution in [0.1, 0.15) is 5.56 Å². The third kappa shape index (κ3) is 4.07. The lowest BCUT2D eigenvalue weighted by molar-refractivity contribution is -0.293. The predicted molar refractivity (Wildman–Crippen MR) is 78.0 cm³/mol. The van der Waals surface area contributed by atoms with Gasteiger partial charge >= 0.3 is 0 Å². The van der Waals surface area contributed by atoms with Gasteiger partial charge in [0.25, 0.3) is 10.1 Å². The molecule has 1 fully saturated rings. The molecular formula is C14H20O8S. The second-order valence-electron chi connectivity index (χ2n) is 5.30. The summed E-state index contributed by atoms with van der Waals surface area (Å²) in [5, 5.41) is 29.2. The molecule has 8 nitrogen and oxygen atoms in total. The molecule has 0 amide bonds. The summed E-state index contributed by atoms with van der Waals surface area (Å²) in [4.78, 5) is -0.0303. The van der Waals surface area contributed by atoms with Crippen molar-refractivity contribution >= 4 is 10.1 Å². The number of aryl methyl sites for hydroxylation is 1. The standard InChI is InChI=1S/C14H20O8S/c1-8-3-5-9(6-4-8)23(18,19)21-7-10-11(15)12(16)13(17)14(20-2)22-10/h3-6,10-17H,7H2,1-2H3/t10-,11-,12+,13-,14-/m1/s1. The van der Waals surface area contributed by atoms with Crippen LogP contribution in [0.4, 0.5) is 0 Å². The van der Waals surface area contributed by atoms with E-state index in [4.69, 9.17) is 13.7 Å². The number of methoxy groups -OCH3 is 1. The molecule has 0 aliphatic carbocycles. The summed E-state index contributed by atoms with van der Waals surface area (Å²) in [5.41, 5.74) is 0.898. The van der Waals surface area contributed by atoms with Crippen LogP contribution in [-0.2, 0) is 23.8 Å². The van der Waals surface area contributed by atoms with Gasteiger partial charge in [-0.1, -0.05) is 17.7 Å². The topological polar surface area (TPSA) is 123 Å². The van der Waals surface area contributed by atoms with Crippen LogP contribution in [-0.4, -0.2) is 68.2 Å². The largest absolute Gasteiger partial charge is 0.387 e. The summed E-state index contributed by atoms with van der Waals surface area (Å²) in [7, 11) is -2.78. The molecular weight excluding hydrogens is 328 g/mol. The molecule has 1 saturated heterocycles. The van der Waals surface area contributed by atoms with Gasteiger partial charge in [-0.25, -0.2) is 0 Å². The van der Waals surface area contributed by atoms with E-state index in [0.29, 0.717) is 0 Å². The Labute approximate surface area is 134 Å². The Balaban J connectivity index is 2.05. The fourth-order valence-corrected chi connectivity index (χ4v) is 3.10. The zero-order valence-corrected chi connectivity index (χ0v) is 13.5. The zero-order chi connectivity index (χ0) is 17.2. The first-order valence-electron chi connectivity index (χ1n) is 6.95. The van der Waals surface area contributed by atoms with Gasteiger partial charge in [-0.3, -0.25) is 4.18 Å². The third-order valence-corrected chi connectivity index (χ3v) is 4.89.